The molecule has 0 bridgehead atoms. The molecule has 18 heavy (non-hydrogen) atoms. The molecule has 0 aromatic rings. The first-order valence-corrected chi connectivity index (χ1v) is 6.53. The number of methoxy groups -OCH3 is 1. The zero-order valence-electron chi connectivity index (χ0n) is 10.8. The van der Waals surface area contributed by atoms with Crippen molar-refractivity contribution in [3.05, 3.63) is 11.6 Å². The number of hydrogen-bond acceptors (Lipinski definition) is 4. The second-order valence-corrected chi connectivity index (χ2v) is 5.74. The Hall–Kier alpha value is -1.16. The van der Waals surface area contributed by atoms with Gasteiger partial charge in [0.2, 0.25) is 0 Å². The largest absolute Gasteiger partial charge is 0.466 e. The molecule has 1 aliphatic heterocycles. The molecule has 0 aromatic heterocycles. The number of epoxide rings is 1. The van der Waals surface area contributed by atoms with Crippen molar-refractivity contribution >= 4 is 11.8 Å². The van der Waals surface area contributed by atoms with Crippen molar-refractivity contribution in [2.24, 2.45) is 5.41 Å². The number of ketones is 1. The molecule has 1 spiro atoms. The van der Waals surface area contributed by atoms with Gasteiger partial charge in [-0.2, -0.15) is 0 Å². The van der Waals surface area contributed by atoms with Crippen LogP contribution in [0.3, 0.4) is 0 Å². The fourth-order valence-electron chi connectivity index (χ4n) is 3.69. The molecule has 98 valence electrons. The molecular formula is C14H18O4. The number of carbonyl (C=O) groups is 2. The third-order valence-corrected chi connectivity index (χ3v) is 4.95. The quantitative estimate of drug-likeness (QED) is 0.404. The average Bonchev–Trinajstić information content (AvgIpc) is 3.08. The van der Waals surface area contributed by atoms with Gasteiger partial charge in [-0.05, 0) is 38.2 Å². The van der Waals surface area contributed by atoms with Crippen molar-refractivity contribution in [3.8, 4) is 0 Å². The van der Waals surface area contributed by atoms with Crippen LogP contribution in [0, 0.1) is 5.41 Å². The maximum atomic E-state index is 12.2. The first-order chi connectivity index (χ1) is 8.53. The summed E-state index contributed by atoms with van der Waals surface area (Å²) in [7, 11) is 1.37. The van der Waals surface area contributed by atoms with Crippen molar-refractivity contribution in [1.29, 1.82) is 0 Å². The summed E-state index contributed by atoms with van der Waals surface area (Å²) in [6.45, 7) is 2.03. The molecule has 1 heterocycles. The maximum Gasteiger partial charge on any atom is 0.330 e. The zero-order chi connectivity index (χ0) is 13.0. The Morgan fingerprint density at radius 3 is 2.94 bits per heavy atom. The number of rotatable bonds is 1. The molecule has 0 radical (unpaired) electrons. The van der Waals surface area contributed by atoms with Crippen LogP contribution in [0.5, 0.6) is 0 Å². The van der Waals surface area contributed by atoms with Gasteiger partial charge in [0, 0.05) is 12.5 Å². The molecule has 0 amide bonds. The van der Waals surface area contributed by atoms with Crippen molar-refractivity contribution in [1.82, 2.24) is 0 Å². The van der Waals surface area contributed by atoms with Crippen LogP contribution in [-0.2, 0) is 19.1 Å². The number of ether oxygens (including phenoxy) is 2. The van der Waals surface area contributed by atoms with E-state index in [1.165, 1.54) is 13.2 Å². The number of carbonyl (C=O) groups excluding carboxylic acids is 2. The first kappa shape index (κ1) is 11.9. The van der Waals surface area contributed by atoms with Crippen LogP contribution in [0.1, 0.15) is 39.0 Å². The standard InChI is InChI=1S/C14H18O4/c1-13-7-5-9(8-11(16)17-2)12-14(13,18-12)6-3-4-10(13)15/h8,12H,3-7H2,1-2H3/b9-8-/t12-,13+,14-/m0/s1. The molecule has 2 aliphatic carbocycles. The highest BCUT2D eigenvalue weighted by molar-refractivity contribution is 5.89. The summed E-state index contributed by atoms with van der Waals surface area (Å²) in [6, 6.07) is 0. The van der Waals surface area contributed by atoms with Crippen LogP contribution in [-0.4, -0.2) is 30.6 Å². The van der Waals surface area contributed by atoms with E-state index in [1.807, 2.05) is 6.92 Å². The van der Waals surface area contributed by atoms with Gasteiger partial charge in [0.25, 0.3) is 0 Å². The van der Waals surface area contributed by atoms with Crippen LogP contribution < -0.4 is 0 Å². The molecular weight excluding hydrogens is 232 g/mol. The van der Waals surface area contributed by atoms with Crippen molar-refractivity contribution in [2.75, 3.05) is 7.11 Å². The lowest BCUT2D eigenvalue weighted by Crippen LogP contribution is -2.49. The molecule has 0 N–H and O–H groups in total. The highest BCUT2D eigenvalue weighted by Crippen LogP contribution is 2.64. The van der Waals surface area contributed by atoms with E-state index in [0.29, 0.717) is 12.2 Å². The third-order valence-electron chi connectivity index (χ3n) is 4.95. The highest BCUT2D eigenvalue weighted by atomic mass is 16.6. The minimum atomic E-state index is -0.344. The Kier molecular flexibility index (Phi) is 2.43. The Morgan fingerprint density at radius 1 is 1.44 bits per heavy atom. The van der Waals surface area contributed by atoms with Gasteiger partial charge in [0.1, 0.15) is 17.5 Å². The molecule has 3 aliphatic rings. The highest BCUT2D eigenvalue weighted by Gasteiger charge is 2.72. The summed E-state index contributed by atoms with van der Waals surface area (Å²) < 4.78 is 10.6. The second-order valence-electron chi connectivity index (χ2n) is 5.74. The minimum absolute atomic E-state index is 0.0420. The van der Waals surface area contributed by atoms with Gasteiger partial charge in [-0.15, -0.1) is 0 Å². The Labute approximate surface area is 106 Å². The van der Waals surface area contributed by atoms with Crippen LogP contribution >= 0.6 is 0 Å². The minimum Gasteiger partial charge on any atom is -0.466 e. The van der Waals surface area contributed by atoms with E-state index in [2.05, 4.69) is 4.74 Å². The maximum absolute atomic E-state index is 12.2. The predicted octanol–water partition coefficient (Wildman–Crippen LogP) is 1.78. The smallest absolute Gasteiger partial charge is 0.330 e. The molecule has 4 heteroatoms. The molecule has 0 aromatic carbocycles. The number of hydrogen-bond donors (Lipinski definition) is 0. The lowest BCUT2D eigenvalue weighted by Gasteiger charge is -2.41. The van der Waals surface area contributed by atoms with Crippen molar-refractivity contribution in [3.63, 3.8) is 0 Å². The van der Waals surface area contributed by atoms with Crippen LogP contribution in [0.25, 0.3) is 0 Å². The Bertz CT molecular complexity index is 453. The summed E-state index contributed by atoms with van der Waals surface area (Å²) in [4.78, 5) is 23.5. The summed E-state index contributed by atoms with van der Waals surface area (Å²) >= 11 is 0. The van der Waals surface area contributed by atoms with E-state index >= 15 is 0 Å². The van der Waals surface area contributed by atoms with Gasteiger partial charge in [-0.25, -0.2) is 4.79 Å². The Balaban J connectivity index is 1.90. The molecule has 4 nitrogen and oxygen atoms in total. The normalized spacial score (nSPS) is 44.2. The van der Waals surface area contributed by atoms with E-state index < -0.39 is 0 Å². The molecule has 2 saturated carbocycles. The fourth-order valence-corrected chi connectivity index (χ4v) is 3.69. The summed E-state index contributed by atoms with van der Waals surface area (Å²) in [5, 5.41) is 0. The summed E-state index contributed by atoms with van der Waals surface area (Å²) in [6.07, 6.45) is 5.53. The monoisotopic (exact) mass is 250 g/mol. The van der Waals surface area contributed by atoms with Gasteiger partial charge in [-0.3, -0.25) is 4.79 Å². The molecule has 3 fully saturated rings. The van der Waals surface area contributed by atoms with Gasteiger partial charge < -0.3 is 9.47 Å². The van der Waals surface area contributed by atoms with Crippen LogP contribution in [0.2, 0.25) is 0 Å². The zero-order valence-corrected chi connectivity index (χ0v) is 10.8. The summed E-state index contributed by atoms with van der Waals surface area (Å²) in [5.41, 5.74) is 0.332. The first-order valence-electron chi connectivity index (χ1n) is 6.53. The fraction of sp³-hybridized carbons (Fsp3) is 0.714. The SMILES string of the molecule is COC(=O)/C=C1/CC[C@]2(C)C(=O)CCC[C@@]23O[C@@H]13. The number of esters is 1. The predicted molar refractivity (Wildman–Crippen MR) is 63.9 cm³/mol. The lowest BCUT2D eigenvalue weighted by atomic mass is 9.58. The second kappa shape index (κ2) is 3.67. The Morgan fingerprint density at radius 2 is 2.22 bits per heavy atom. The van der Waals surface area contributed by atoms with Gasteiger partial charge in [-0.1, -0.05) is 0 Å². The molecule has 3 atom stereocenters. The van der Waals surface area contributed by atoms with Gasteiger partial charge >= 0.3 is 5.97 Å². The van der Waals surface area contributed by atoms with E-state index in [4.69, 9.17) is 4.74 Å². The topological polar surface area (TPSA) is 55.9 Å². The van der Waals surface area contributed by atoms with Gasteiger partial charge in [0.05, 0.1) is 12.5 Å². The average molecular weight is 250 g/mol. The van der Waals surface area contributed by atoms with Crippen molar-refractivity contribution in [2.45, 2.75) is 50.7 Å². The van der Waals surface area contributed by atoms with Gasteiger partial charge in [0.15, 0.2) is 0 Å². The summed E-state index contributed by atoms with van der Waals surface area (Å²) in [5.74, 6) is -0.00485. The van der Waals surface area contributed by atoms with E-state index in [0.717, 1.165) is 31.3 Å². The van der Waals surface area contributed by atoms with E-state index in [9.17, 15) is 9.59 Å². The van der Waals surface area contributed by atoms with Crippen molar-refractivity contribution < 1.29 is 19.1 Å². The number of Topliss-reactive ketones (excluding diaryl/α,β-unsaturated/α-hetero) is 1. The molecule has 1 saturated heterocycles. The van der Waals surface area contributed by atoms with E-state index in [1.54, 1.807) is 0 Å². The van der Waals surface area contributed by atoms with E-state index in [-0.39, 0.29) is 23.1 Å². The third kappa shape index (κ3) is 1.35. The van der Waals surface area contributed by atoms with Crippen LogP contribution in [0.15, 0.2) is 11.6 Å². The molecule has 0 unspecified atom stereocenters. The lowest BCUT2D eigenvalue weighted by molar-refractivity contribution is -0.136. The van der Waals surface area contributed by atoms with Crippen LogP contribution in [0.4, 0.5) is 0 Å². The molecule has 3 rings (SSSR count).